The molecule has 0 bridgehead atoms. The van der Waals surface area contributed by atoms with E-state index in [1.807, 2.05) is 78.6 Å². The number of carbonyl (C=O) groups is 1. The number of anilines is 1. The molecule has 0 saturated carbocycles. The van der Waals surface area contributed by atoms with Gasteiger partial charge in [0.15, 0.2) is 0 Å². The molecule has 1 heterocycles. The summed E-state index contributed by atoms with van der Waals surface area (Å²) in [5, 5.41) is 3.61. The van der Waals surface area contributed by atoms with E-state index in [2.05, 4.69) is 26.1 Å². The van der Waals surface area contributed by atoms with Crippen LogP contribution < -0.4 is 15.6 Å². The van der Waals surface area contributed by atoms with Crippen molar-refractivity contribution in [3.8, 4) is 11.4 Å². The Hall–Kier alpha value is -4.13. The van der Waals surface area contributed by atoms with Gasteiger partial charge in [-0.25, -0.2) is 9.78 Å². The fraction of sp³-hybridized carbons (Fsp3) is 0.364. The molecule has 7 nitrogen and oxygen atoms in total. The number of hydrogen-bond acceptors (Lipinski definition) is 4. The van der Waals surface area contributed by atoms with E-state index in [9.17, 15) is 9.59 Å². The second-order valence-electron chi connectivity index (χ2n) is 10.3. The number of amides is 2. The first kappa shape index (κ1) is 28.9. The third-order valence-corrected chi connectivity index (χ3v) is 7.28. The molecule has 0 aliphatic rings. The van der Waals surface area contributed by atoms with Gasteiger partial charge in [0.25, 0.3) is 5.56 Å². The predicted molar refractivity (Wildman–Crippen MR) is 163 cm³/mol. The topological polar surface area (TPSA) is 76.5 Å². The van der Waals surface area contributed by atoms with Crippen LogP contribution in [0, 0.1) is 0 Å². The number of ether oxygens (including phenoxy) is 1. The van der Waals surface area contributed by atoms with Gasteiger partial charge >= 0.3 is 6.03 Å². The molecule has 4 aromatic rings. The number of nitrogens with zero attached hydrogens (tertiary/aromatic N) is 3. The number of nitrogens with one attached hydrogen (secondary N) is 1. The van der Waals surface area contributed by atoms with Gasteiger partial charge in [-0.05, 0) is 60.7 Å². The minimum absolute atomic E-state index is 0.193. The van der Waals surface area contributed by atoms with Crippen LogP contribution in [-0.2, 0) is 0 Å². The van der Waals surface area contributed by atoms with E-state index < -0.39 is 6.04 Å². The molecule has 0 fully saturated rings. The summed E-state index contributed by atoms with van der Waals surface area (Å²) >= 11 is 0. The number of hydrogen-bond donors (Lipinski definition) is 1. The number of methoxy groups -OCH3 is 1. The summed E-state index contributed by atoms with van der Waals surface area (Å²) in [5.41, 5.74) is 2.95. The predicted octanol–water partition coefficient (Wildman–Crippen LogP) is 7.69. The number of para-hydroxylation sites is 3. The normalized spacial score (nSPS) is 11.9. The number of fused-ring (bicyclic) bond motifs is 1. The number of benzene rings is 3. The number of unbranched alkanes of at least 4 members (excludes halogenated alkanes) is 2. The van der Waals surface area contributed by atoms with Crippen LogP contribution in [0.1, 0.15) is 76.7 Å². The van der Waals surface area contributed by atoms with Gasteiger partial charge in [-0.15, -0.1) is 0 Å². The Labute approximate surface area is 236 Å². The molecule has 0 saturated heterocycles. The second-order valence-corrected chi connectivity index (χ2v) is 10.3. The van der Waals surface area contributed by atoms with Crippen LogP contribution in [0.3, 0.4) is 0 Å². The van der Waals surface area contributed by atoms with Gasteiger partial charge in [-0.1, -0.05) is 76.9 Å². The molecule has 210 valence electrons. The van der Waals surface area contributed by atoms with Crippen LogP contribution in [0.2, 0.25) is 0 Å². The van der Waals surface area contributed by atoms with E-state index in [0.717, 1.165) is 24.9 Å². The lowest BCUT2D eigenvalue weighted by molar-refractivity contribution is 0.179. The monoisotopic (exact) mass is 540 g/mol. The highest BCUT2D eigenvalue weighted by molar-refractivity contribution is 5.89. The molecule has 1 unspecified atom stereocenters. The Kier molecular flexibility index (Phi) is 9.59. The molecule has 40 heavy (non-hydrogen) atoms. The van der Waals surface area contributed by atoms with Crippen molar-refractivity contribution in [1.29, 1.82) is 0 Å². The van der Waals surface area contributed by atoms with Crippen LogP contribution >= 0.6 is 0 Å². The summed E-state index contributed by atoms with van der Waals surface area (Å²) in [6, 6.07) is 22.1. The summed E-state index contributed by atoms with van der Waals surface area (Å²) < 4.78 is 7.27. The standard InChI is InChI=1S/C33H40N4O3/c1-6-8-13-22-36(33(39)34-25-20-18-24(19-21-25)23(3)4)28(7-2)31-35-27-15-10-9-14-26(27)32(38)37(31)29-16-11-12-17-30(29)40-5/h9-12,14-21,23,28H,6-8,13,22H2,1-5H3,(H,34,39). The number of aromatic nitrogens is 2. The minimum Gasteiger partial charge on any atom is -0.495 e. The third-order valence-electron chi connectivity index (χ3n) is 7.28. The van der Waals surface area contributed by atoms with Gasteiger partial charge in [-0.3, -0.25) is 9.36 Å². The largest absolute Gasteiger partial charge is 0.495 e. The highest BCUT2D eigenvalue weighted by Gasteiger charge is 2.29. The summed E-state index contributed by atoms with van der Waals surface area (Å²) in [7, 11) is 1.59. The summed E-state index contributed by atoms with van der Waals surface area (Å²) in [6.07, 6.45) is 3.45. The first-order valence-electron chi connectivity index (χ1n) is 14.2. The quantitative estimate of drug-likeness (QED) is 0.198. The van der Waals surface area contributed by atoms with Crippen LogP contribution in [0.5, 0.6) is 5.75 Å². The molecular formula is C33H40N4O3. The first-order chi connectivity index (χ1) is 19.4. The number of rotatable bonds is 11. The molecule has 1 atom stereocenters. The first-order valence-corrected chi connectivity index (χ1v) is 14.2. The average Bonchev–Trinajstić information content (AvgIpc) is 2.97. The SMILES string of the molecule is CCCCCN(C(=O)Nc1ccc(C(C)C)cc1)C(CC)c1nc2ccccc2c(=O)n1-c1ccccc1OC. The van der Waals surface area contributed by atoms with Crippen LogP contribution in [0.25, 0.3) is 16.6 Å². The maximum Gasteiger partial charge on any atom is 0.322 e. The third kappa shape index (κ3) is 6.19. The highest BCUT2D eigenvalue weighted by atomic mass is 16.5. The van der Waals surface area contributed by atoms with Crippen molar-refractivity contribution < 1.29 is 9.53 Å². The minimum atomic E-state index is -0.450. The Balaban J connectivity index is 1.84. The van der Waals surface area contributed by atoms with Crippen molar-refractivity contribution in [2.45, 2.75) is 65.3 Å². The smallest absolute Gasteiger partial charge is 0.322 e. The number of urea groups is 1. The van der Waals surface area contributed by atoms with Gasteiger partial charge in [-0.2, -0.15) is 0 Å². The van der Waals surface area contributed by atoms with E-state index in [1.165, 1.54) is 5.56 Å². The average molecular weight is 541 g/mol. The summed E-state index contributed by atoms with van der Waals surface area (Å²) in [5.74, 6) is 1.48. The van der Waals surface area contributed by atoms with Gasteiger partial charge in [0, 0.05) is 12.2 Å². The zero-order chi connectivity index (χ0) is 28.6. The Morgan fingerprint density at radius 3 is 2.35 bits per heavy atom. The molecule has 4 rings (SSSR count). The molecule has 7 heteroatoms. The van der Waals surface area contributed by atoms with Crippen LogP contribution in [0.4, 0.5) is 10.5 Å². The molecular weight excluding hydrogens is 500 g/mol. The summed E-state index contributed by atoms with van der Waals surface area (Å²) in [4.78, 5) is 34.8. The molecule has 0 spiro atoms. The van der Waals surface area contributed by atoms with Crippen molar-refractivity contribution in [2.75, 3.05) is 19.0 Å². The number of carbonyl (C=O) groups excluding carboxylic acids is 1. The second kappa shape index (κ2) is 13.3. The van der Waals surface area contributed by atoms with Gasteiger partial charge in [0.05, 0.1) is 29.7 Å². The Morgan fingerprint density at radius 2 is 1.68 bits per heavy atom. The molecule has 3 aromatic carbocycles. The van der Waals surface area contributed by atoms with Crippen LogP contribution in [0.15, 0.2) is 77.6 Å². The lowest BCUT2D eigenvalue weighted by Crippen LogP contribution is -2.41. The molecule has 1 N–H and O–H groups in total. The highest BCUT2D eigenvalue weighted by Crippen LogP contribution is 2.30. The molecule has 0 aliphatic heterocycles. The van der Waals surface area contributed by atoms with Crippen molar-refractivity contribution in [2.24, 2.45) is 0 Å². The van der Waals surface area contributed by atoms with Gasteiger partial charge in [0.2, 0.25) is 0 Å². The maximum absolute atomic E-state index is 14.0. The molecule has 0 radical (unpaired) electrons. The molecule has 1 aromatic heterocycles. The zero-order valence-corrected chi connectivity index (χ0v) is 24.2. The van der Waals surface area contributed by atoms with Crippen molar-refractivity contribution >= 4 is 22.6 Å². The van der Waals surface area contributed by atoms with Crippen molar-refractivity contribution in [3.63, 3.8) is 0 Å². The van der Waals surface area contributed by atoms with E-state index in [-0.39, 0.29) is 11.6 Å². The lowest BCUT2D eigenvalue weighted by atomic mass is 10.0. The fourth-order valence-electron chi connectivity index (χ4n) is 5.04. The Bertz CT molecular complexity index is 1490. The van der Waals surface area contributed by atoms with E-state index in [1.54, 1.807) is 17.7 Å². The fourth-order valence-corrected chi connectivity index (χ4v) is 5.04. The van der Waals surface area contributed by atoms with E-state index >= 15 is 0 Å². The lowest BCUT2D eigenvalue weighted by Gasteiger charge is -2.32. The molecule has 0 aliphatic carbocycles. The van der Waals surface area contributed by atoms with Crippen molar-refractivity contribution in [1.82, 2.24) is 14.5 Å². The summed E-state index contributed by atoms with van der Waals surface area (Å²) in [6.45, 7) is 8.99. The van der Waals surface area contributed by atoms with E-state index in [4.69, 9.17) is 9.72 Å². The zero-order valence-electron chi connectivity index (χ0n) is 24.2. The van der Waals surface area contributed by atoms with Crippen LogP contribution in [-0.4, -0.2) is 34.1 Å². The van der Waals surface area contributed by atoms with E-state index in [0.29, 0.717) is 47.0 Å². The molecule has 2 amide bonds. The van der Waals surface area contributed by atoms with Crippen molar-refractivity contribution in [3.05, 3.63) is 94.5 Å². The maximum atomic E-state index is 14.0. The van der Waals surface area contributed by atoms with Gasteiger partial charge in [0.1, 0.15) is 11.6 Å². The Morgan fingerprint density at radius 1 is 0.975 bits per heavy atom. The van der Waals surface area contributed by atoms with Gasteiger partial charge < -0.3 is 15.0 Å².